The highest BCUT2D eigenvalue weighted by atomic mass is 16.2. The lowest BCUT2D eigenvalue weighted by atomic mass is 10.1. The average Bonchev–Trinajstić information content (AvgIpc) is 2.43. The number of hydrogen-bond acceptors (Lipinski definition) is 3. The minimum Gasteiger partial charge on any atom is -0.297 e. The second kappa shape index (κ2) is 5.69. The summed E-state index contributed by atoms with van der Waals surface area (Å²) < 4.78 is 1.08. The molecule has 0 saturated carbocycles. The normalized spacial score (nSPS) is 10.5. The molecule has 0 spiro atoms. The minimum absolute atomic E-state index is 0.121. The van der Waals surface area contributed by atoms with Gasteiger partial charge >= 0.3 is 0 Å². The first kappa shape index (κ1) is 14.0. The third kappa shape index (κ3) is 2.93. The number of nitrogens with zero attached hydrogens (tertiary/aromatic N) is 1. The van der Waals surface area contributed by atoms with Gasteiger partial charge in [-0.05, 0) is 19.4 Å². The summed E-state index contributed by atoms with van der Waals surface area (Å²) >= 11 is 0. The van der Waals surface area contributed by atoms with E-state index in [1.54, 1.807) is 13.8 Å². The van der Waals surface area contributed by atoms with Gasteiger partial charge in [0.1, 0.15) is 6.54 Å². The molecule has 0 radical (unpaired) electrons. The number of ketones is 1. The second-order valence-corrected chi connectivity index (χ2v) is 4.78. The molecule has 5 nitrogen and oxygen atoms in total. The van der Waals surface area contributed by atoms with Crippen molar-refractivity contribution in [3.63, 3.8) is 0 Å². The molecule has 5 heteroatoms. The third-order valence-corrected chi connectivity index (χ3v) is 3.28. The highest BCUT2D eigenvalue weighted by Crippen LogP contribution is 2.01. The van der Waals surface area contributed by atoms with Crippen LogP contribution in [-0.4, -0.2) is 15.6 Å². The lowest BCUT2D eigenvalue weighted by molar-refractivity contribution is -0.119. The summed E-state index contributed by atoms with van der Waals surface area (Å²) in [4.78, 5) is 35.6. The van der Waals surface area contributed by atoms with Crippen molar-refractivity contribution in [2.75, 3.05) is 0 Å². The Morgan fingerprint density at radius 2 is 1.75 bits per heavy atom. The molecule has 20 heavy (non-hydrogen) atoms. The molecule has 0 unspecified atom stereocenters. The van der Waals surface area contributed by atoms with E-state index in [1.807, 2.05) is 30.3 Å². The van der Waals surface area contributed by atoms with Crippen LogP contribution >= 0.6 is 0 Å². The van der Waals surface area contributed by atoms with E-state index in [4.69, 9.17) is 0 Å². The number of aromatic amines is 1. The zero-order valence-electron chi connectivity index (χ0n) is 11.5. The van der Waals surface area contributed by atoms with Crippen LogP contribution in [0.5, 0.6) is 0 Å². The standard InChI is InChI=1S/C15H16N2O3/c1-10-11(2)15(20)17(16-14(10)19)9-13(18)8-12-6-4-3-5-7-12/h3-7H,8-9H2,1-2H3,(H,16,19). The molecule has 0 saturated heterocycles. The highest BCUT2D eigenvalue weighted by molar-refractivity contribution is 5.80. The Labute approximate surface area is 115 Å². The van der Waals surface area contributed by atoms with Gasteiger partial charge in [-0.3, -0.25) is 19.5 Å². The van der Waals surface area contributed by atoms with E-state index in [1.165, 1.54) is 0 Å². The van der Waals surface area contributed by atoms with Crippen LogP contribution < -0.4 is 11.1 Å². The largest absolute Gasteiger partial charge is 0.297 e. The molecule has 0 aliphatic carbocycles. The number of benzene rings is 1. The molecule has 1 aromatic heterocycles. The number of H-pyrrole nitrogens is 1. The van der Waals surface area contributed by atoms with Crippen LogP contribution in [0.2, 0.25) is 0 Å². The first-order chi connectivity index (χ1) is 9.49. The molecule has 104 valence electrons. The number of carbonyl (C=O) groups is 1. The molecule has 0 atom stereocenters. The topological polar surface area (TPSA) is 71.9 Å². The van der Waals surface area contributed by atoms with Gasteiger partial charge in [0.25, 0.3) is 11.1 Å². The molecule has 2 aromatic rings. The monoisotopic (exact) mass is 272 g/mol. The van der Waals surface area contributed by atoms with Crippen molar-refractivity contribution in [1.82, 2.24) is 9.78 Å². The maximum atomic E-state index is 12.0. The van der Waals surface area contributed by atoms with Gasteiger partial charge in [0.15, 0.2) is 5.78 Å². The molecule has 0 fully saturated rings. The van der Waals surface area contributed by atoms with Crippen LogP contribution in [0.1, 0.15) is 16.7 Å². The molecule has 0 bridgehead atoms. The molecular formula is C15H16N2O3. The quantitative estimate of drug-likeness (QED) is 0.901. The zero-order chi connectivity index (χ0) is 14.7. The van der Waals surface area contributed by atoms with Crippen LogP contribution in [0.25, 0.3) is 0 Å². The number of carbonyl (C=O) groups excluding carboxylic acids is 1. The van der Waals surface area contributed by atoms with Gasteiger partial charge in [0.05, 0.1) is 0 Å². The highest BCUT2D eigenvalue weighted by Gasteiger charge is 2.10. The van der Waals surface area contributed by atoms with Crippen LogP contribution in [-0.2, 0) is 17.8 Å². The second-order valence-electron chi connectivity index (χ2n) is 4.78. The molecule has 0 aliphatic heterocycles. The van der Waals surface area contributed by atoms with Gasteiger partial charge in [-0.25, -0.2) is 4.68 Å². The van der Waals surface area contributed by atoms with E-state index in [0.717, 1.165) is 10.2 Å². The lowest BCUT2D eigenvalue weighted by Gasteiger charge is -2.07. The van der Waals surface area contributed by atoms with Crippen molar-refractivity contribution in [3.05, 3.63) is 67.7 Å². The molecular weight excluding hydrogens is 256 g/mol. The van der Waals surface area contributed by atoms with Crippen molar-refractivity contribution in [1.29, 1.82) is 0 Å². The molecule has 1 heterocycles. The Balaban J connectivity index is 2.21. The predicted molar refractivity (Wildman–Crippen MR) is 75.9 cm³/mol. The van der Waals surface area contributed by atoms with E-state index in [2.05, 4.69) is 5.10 Å². The molecule has 0 aliphatic rings. The molecule has 1 N–H and O–H groups in total. The van der Waals surface area contributed by atoms with Gasteiger partial charge in [-0.2, -0.15) is 0 Å². The van der Waals surface area contributed by atoms with E-state index in [9.17, 15) is 14.4 Å². The lowest BCUT2D eigenvalue weighted by Crippen LogP contribution is -2.35. The van der Waals surface area contributed by atoms with Gasteiger partial charge in [0, 0.05) is 17.5 Å². The molecule has 0 amide bonds. The number of nitrogens with one attached hydrogen (secondary N) is 1. The van der Waals surface area contributed by atoms with E-state index >= 15 is 0 Å². The summed E-state index contributed by atoms with van der Waals surface area (Å²) in [6.07, 6.45) is 0.238. The molecule has 1 aromatic carbocycles. The number of hydrogen-bond donors (Lipinski definition) is 1. The average molecular weight is 272 g/mol. The number of aromatic nitrogens is 2. The van der Waals surface area contributed by atoms with E-state index in [0.29, 0.717) is 11.1 Å². The van der Waals surface area contributed by atoms with E-state index < -0.39 is 0 Å². The summed E-state index contributed by atoms with van der Waals surface area (Å²) in [5.74, 6) is -0.128. The van der Waals surface area contributed by atoms with Crippen LogP contribution in [0.4, 0.5) is 0 Å². The fourth-order valence-corrected chi connectivity index (χ4v) is 1.96. The van der Waals surface area contributed by atoms with Crippen molar-refractivity contribution >= 4 is 5.78 Å². The minimum atomic E-state index is -0.338. The molecule has 2 rings (SSSR count). The summed E-state index contributed by atoms with van der Waals surface area (Å²) in [5, 5.41) is 2.43. The third-order valence-electron chi connectivity index (χ3n) is 3.28. The van der Waals surface area contributed by atoms with Crippen molar-refractivity contribution in [3.8, 4) is 0 Å². The number of Topliss-reactive ketones (excluding diaryl/α,β-unsaturated/α-hetero) is 1. The summed E-state index contributed by atoms with van der Waals surface area (Å²) in [6.45, 7) is 3.06. The number of rotatable bonds is 4. The van der Waals surface area contributed by atoms with Crippen LogP contribution in [0.15, 0.2) is 39.9 Å². The maximum absolute atomic E-state index is 12.0. The Morgan fingerprint density at radius 1 is 1.10 bits per heavy atom. The van der Waals surface area contributed by atoms with Crippen molar-refractivity contribution in [2.45, 2.75) is 26.8 Å². The SMILES string of the molecule is Cc1c(C)c(=O)n(CC(=O)Cc2ccccc2)[nH]c1=O. The Hall–Kier alpha value is -2.43. The van der Waals surface area contributed by atoms with Gasteiger partial charge < -0.3 is 0 Å². The van der Waals surface area contributed by atoms with Gasteiger partial charge in [-0.1, -0.05) is 30.3 Å². The van der Waals surface area contributed by atoms with Gasteiger partial charge in [-0.15, -0.1) is 0 Å². The van der Waals surface area contributed by atoms with Crippen molar-refractivity contribution < 1.29 is 4.79 Å². The van der Waals surface area contributed by atoms with Crippen molar-refractivity contribution in [2.24, 2.45) is 0 Å². The van der Waals surface area contributed by atoms with Crippen LogP contribution in [0, 0.1) is 13.8 Å². The first-order valence-corrected chi connectivity index (χ1v) is 6.35. The Bertz CT molecular complexity index is 742. The van der Waals surface area contributed by atoms with Gasteiger partial charge in [0.2, 0.25) is 0 Å². The summed E-state index contributed by atoms with van der Waals surface area (Å²) in [7, 11) is 0. The first-order valence-electron chi connectivity index (χ1n) is 6.35. The Kier molecular flexibility index (Phi) is 3.98. The zero-order valence-corrected chi connectivity index (χ0v) is 11.5. The Morgan fingerprint density at radius 3 is 2.40 bits per heavy atom. The fourth-order valence-electron chi connectivity index (χ4n) is 1.96. The summed E-state index contributed by atoms with van der Waals surface area (Å²) in [5.41, 5.74) is 0.984. The maximum Gasteiger partial charge on any atom is 0.268 e. The predicted octanol–water partition coefficient (Wildman–Crippen LogP) is 0.965. The smallest absolute Gasteiger partial charge is 0.268 e. The van der Waals surface area contributed by atoms with E-state index in [-0.39, 0.29) is 29.9 Å². The fraction of sp³-hybridized carbons (Fsp3) is 0.267. The summed E-state index contributed by atoms with van der Waals surface area (Å²) in [6, 6.07) is 9.28. The van der Waals surface area contributed by atoms with Crippen LogP contribution in [0.3, 0.4) is 0 Å².